The molecule has 2 aromatic rings. The number of hydrogen-bond donors (Lipinski definition) is 1. The first kappa shape index (κ1) is 15.7. The Kier molecular flexibility index (Phi) is 5.09. The maximum Gasteiger partial charge on any atom is 0.191 e. The molecule has 0 heterocycles. The zero-order valence-electron chi connectivity index (χ0n) is 11.0. The fourth-order valence-electron chi connectivity index (χ4n) is 1.87. The van der Waals surface area contributed by atoms with Gasteiger partial charge in [-0.15, -0.1) is 0 Å². The van der Waals surface area contributed by atoms with Crippen LogP contribution in [0.4, 0.5) is 13.2 Å². The molecule has 0 aliphatic rings. The predicted octanol–water partition coefficient (Wildman–Crippen LogP) is 3.84. The Morgan fingerprint density at radius 3 is 2.33 bits per heavy atom. The molecular formula is C15H13ClF3NO. The van der Waals surface area contributed by atoms with Crippen LogP contribution in [0, 0.1) is 17.5 Å². The Morgan fingerprint density at radius 1 is 1.05 bits per heavy atom. The topological polar surface area (TPSA) is 35.2 Å². The van der Waals surface area contributed by atoms with Gasteiger partial charge < -0.3 is 10.5 Å². The van der Waals surface area contributed by atoms with Gasteiger partial charge in [0, 0.05) is 5.56 Å². The molecule has 2 rings (SSSR count). The zero-order valence-corrected chi connectivity index (χ0v) is 11.8. The average molecular weight is 316 g/mol. The molecule has 0 aliphatic carbocycles. The van der Waals surface area contributed by atoms with Crippen LogP contribution in [-0.2, 0) is 13.0 Å². The quantitative estimate of drug-likeness (QED) is 0.910. The number of ether oxygens (including phenoxy) is 1. The van der Waals surface area contributed by atoms with Crippen molar-refractivity contribution in [2.24, 2.45) is 5.73 Å². The van der Waals surface area contributed by atoms with Crippen LogP contribution in [0.25, 0.3) is 0 Å². The maximum absolute atomic E-state index is 13.8. The minimum absolute atomic E-state index is 0.127. The van der Waals surface area contributed by atoms with Crippen LogP contribution >= 0.6 is 11.6 Å². The largest absolute Gasteiger partial charge is 0.483 e. The fourth-order valence-corrected chi connectivity index (χ4v) is 2.05. The fraction of sp³-hybridized carbons (Fsp3) is 0.200. The van der Waals surface area contributed by atoms with Crippen molar-refractivity contribution in [3.8, 4) is 5.75 Å². The van der Waals surface area contributed by atoms with E-state index in [0.29, 0.717) is 17.5 Å². The average Bonchev–Trinajstić information content (AvgIpc) is 2.42. The molecule has 0 fully saturated rings. The van der Waals surface area contributed by atoms with E-state index >= 15 is 0 Å². The van der Waals surface area contributed by atoms with Crippen molar-refractivity contribution in [1.29, 1.82) is 0 Å². The van der Waals surface area contributed by atoms with Gasteiger partial charge >= 0.3 is 0 Å². The van der Waals surface area contributed by atoms with Crippen LogP contribution in [0.1, 0.15) is 11.1 Å². The highest BCUT2D eigenvalue weighted by Gasteiger charge is 2.14. The van der Waals surface area contributed by atoms with Crippen molar-refractivity contribution in [2.75, 3.05) is 6.54 Å². The SMILES string of the molecule is NCCc1cc(F)c(OCc2cccc(F)c2Cl)c(F)c1. The number of nitrogens with two attached hydrogens (primary N) is 1. The second kappa shape index (κ2) is 6.83. The highest BCUT2D eigenvalue weighted by Crippen LogP contribution is 2.26. The summed E-state index contributed by atoms with van der Waals surface area (Å²) in [5.41, 5.74) is 6.09. The predicted molar refractivity (Wildman–Crippen MR) is 74.9 cm³/mol. The molecule has 6 heteroatoms. The van der Waals surface area contributed by atoms with E-state index in [1.807, 2.05) is 0 Å². The van der Waals surface area contributed by atoms with Gasteiger partial charge in [-0.1, -0.05) is 23.7 Å². The number of hydrogen-bond acceptors (Lipinski definition) is 2. The molecule has 0 spiro atoms. The van der Waals surface area contributed by atoms with Gasteiger partial charge in [0.1, 0.15) is 12.4 Å². The first-order valence-corrected chi connectivity index (χ1v) is 6.64. The molecule has 0 aromatic heterocycles. The molecule has 2 aromatic carbocycles. The zero-order chi connectivity index (χ0) is 15.4. The minimum Gasteiger partial charge on any atom is -0.483 e. The van der Waals surface area contributed by atoms with E-state index in [4.69, 9.17) is 22.1 Å². The summed E-state index contributed by atoms with van der Waals surface area (Å²) in [5.74, 6) is -2.79. The van der Waals surface area contributed by atoms with Crippen LogP contribution in [0.15, 0.2) is 30.3 Å². The molecular weight excluding hydrogens is 303 g/mol. The van der Waals surface area contributed by atoms with Crippen molar-refractivity contribution in [1.82, 2.24) is 0 Å². The van der Waals surface area contributed by atoms with Gasteiger partial charge in [0.15, 0.2) is 17.4 Å². The molecule has 0 unspecified atom stereocenters. The summed E-state index contributed by atoms with van der Waals surface area (Å²) < 4.78 is 46.0. The molecule has 0 saturated heterocycles. The maximum atomic E-state index is 13.8. The Hall–Kier alpha value is -1.72. The molecule has 112 valence electrons. The lowest BCUT2D eigenvalue weighted by Gasteiger charge is -2.11. The smallest absolute Gasteiger partial charge is 0.191 e. The molecule has 0 aliphatic heterocycles. The van der Waals surface area contributed by atoms with Gasteiger partial charge in [-0.2, -0.15) is 0 Å². The van der Waals surface area contributed by atoms with E-state index in [9.17, 15) is 13.2 Å². The van der Waals surface area contributed by atoms with E-state index in [0.717, 1.165) is 0 Å². The third-order valence-electron chi connectivity index (χ3n) is 2.89. The van der Waals surface area contributed by atoms with Gasteiger partial charge in [-0.05, 0) is 36.7 Å². The van der Waals surface area contributed by atoms with Crippen LogP contribution in [0.2, 0.25) is 5.02 Å². The number of rotatable bonds is 5. The molecule has 2 N–H and O–H groups in total. The molecule has 0 radical (unpaired) electrons. The summed E-state index contributed by atoms with van der Waals surface area (Å²) in [5, 5.41) is -0.127. The second-order valence-electron chi connectivity index (χ2n) is 4.43. The third-order valence-corrected chi connectivity index (χ3v) is 3.32. The lowest BCUT2D eigenvalue weighted by atomic mass is 10.1. The van der Waals surface area contributed by atoms with Gasteiger partial charge in [-0.3, -0.25) is 0 Å². The van der Waals surface area contributed by atoms with Crippen molar-refractivity contribution < 1.29 is 17.9 Å². The van der Waals surface area contributed by atoms with Crippen LogP contribution in [0.3, 0.4) is 0 Å². The van der Waals surface area contributed by atoms with Crippen molar-refractivity contribution in [2.45, 2.75) is 13.0 Å². The van der Waals surface area contributed by atoms with E-state index < -0.39 is 23.2 Å². The van der Waals surface area contributed by atoms with Gasteiger partial charge in [0.05, 0.1) is 5.02 Å². The van der Waals surface area contributed by atoms with Crippen LogP contribution < -0.4 is 10.5 Å². The highest BCUT2D eigenvalue weighted by atomic mass is 35.5. The first-order chi connectivity index (χ1) is 10.0. The molecule has 21 heavy (non-hydrogen) atoms. The summed E-state index contributed by atoms with van der Waals surface area (Å²) in [7, 11) is 0. The second-order valence-corrected chi connectivity index (χ2v) is 4.81. The van der Waals surface area contributed by atoms with Crippen molar-refractivity contribution in [3.63, 3.8) is 0 Å². The molecule has 0 bridgehead atoms. The van der Waals surface area contributed by atoms with E-state index in [1.54, 1.807) is 0 Å². The van der Waals surface area contributed by atoms with Crippen molar-refractivity contribution in [3.05, 3.63) is 63.9 Å². The number of benzene rings is 2. The van der Waals surface area contributed by atoms with E-state index in [-0.39, 0.29) is 18.2 Å². The molecule has 0 atom stereocenters. The van der Waals surface area contributed by atoms with Crippen LogP contribution in [0.5, 0.6) is 5.75 Å². The lowest BCUT2D eigenvalue weighted by molar-refractivity contribution is 0.273. The molecule has 0 amide bonds. The van der Waals surface area contributed by atoms with Gasteiger partial charge in [0.2, 0.25) is 0 Å². The minimum atomic E-state index is -0.828. The Bertz CT molecular complexity index is 626. The normalized spacial score (nSPS) is 10.7. The molecule has 2 nitrogen and oxygen atoms in total. The van der Waals surface area contributed by atoms with Crippen LogP contribution in [-0.4, -0.2) is 6.54 Å². The first-order valence-electron chi connectivity index (χ1n) is 6.26. The van der Waals surface area contributed by atoms with E-state index in [2.05, 4.69) is 0 Å². The summed E-state index contributed by atoms with van der Waals surface area (Å²) in [6.07, 6.45) is 0.365. The van der Waals surface area contributed by atoms with E-state index in [1.165, 1.54) is 30.3 Å². The third kappa shape index (κ3) is 3.68. The Labute approximate surface area is 125 Å². The lowest BCUT2D eigenvalue weighted by Crippen LogP contribution is -2.06. The molecule has 0 saturated carbocycles. The number of halogens is 4. The summed E-state index contributed by atoms with van der Waals surface area (Å²) in [4.78, 5) is 0. The summed E-state index contributed by atoms with van der Waals surface area (Å²) >= 11 is 5.75. The van der Waals surface area contributed by atoms with Gasteiger partial charge in [-0.25, -0.2) is 13.2 Å². The summed E-state index contributed by atoms with van der Waals surface area (Å²) in [6, 6.07) is 6.48. The van der Waals surface area contributed by atoms with Gasteiger partial charge in [0.25, 0.3) is 0 Å². The Morgan fingerprint density at radius 2 is 1.71 bits per heavy atom. The highest BCUT2D eigenvalue weighted by molar-refractivity contribution is 6.31. The monoisotopic (exact) mass is 315 g/mol. The summed E-state index contributed by atoms with van der Waals surface area (Å²) in [6.45, 7) is 0.0542. The Balaban J connectivity index is 2.18. The van der Waals surface area contributed by atoms with Crippen molar-refractivity contribution >= 4 is 11.6 Å². The standard InChI is InChI=1S/C15H13ClF3NO/c16-14-10(2-1-3-11(14)17)8-21-15-12(18)6-9(4-5-20)7-13(15)19/h1-3,6-7H,4-5,8,20H2.